The Kier molecular flexibility index (Phi) is 5.81. The fourth-order valence-electron chi connectivity index (χ4n) is 5.63. The van der Waals surface area contributed by atoms with Crippen LogP contribution in [0.1, 0.15) is 82.6 Å². The first-order valence-corrected chi connectivity index (χ1v) is 13.2. The summed E-state index contributed by atoms with van der Waals surface area (Å²) in [7, 11) is -4.64. The normalized spacial score (nSPS) is 17.5. The number of nitrogens with zero attached hydrogens (tertiary/aromatic N) is 1. The zero-order chi connectivity index (χ0) is 25.2. The van der Waals surface area contributed by atoms with Crippen LogP contribution in [0.15, 0.2) is 29.2 Å². The number of fused-ring (bicyclic) bond motifs is 4. The van der Waals surface area contributed by atoms with Gasteiger partial charge in [0.1, 0.15) is 16.7 Å². The van der Waals surface area contributed by atoms with Crippen molar-refractivity contribution in [3.8, 4) is 11.1 Å². The van der Waals surface area contributed by atoms with Crippen molar-refractivity contribution in [2.45, 2.75) is 83.0 Å². The van der Waals surface area contributed by atoms with E-state index in [4.69, 9.17) is 5.11 Å². The second-order valence-electron chi connectivity index (χ2n) is 10.7. The Morgan fingerprint density at radius 1 is 0.941 bits per heavy atom. The van der Waals surface area contributed by atoms with Gasteiger partial charge in [-0.2, -0.15) is 4.58 Å². The lowest BCUT2D eigenvalue weighted by Crippen LogP contribution is -2.26. The monoisotopic (exact) mass is 483 g/mol. The Labute approximate surface area is 202 Å². The summed E-state index contributed by atoms with van der Waals surface area (Å²) in [5.41, 5.74) is 6.78. The van der Waals surface area contributed by atoms with Crippen LogP contribution in [0.3, 0.4) is 0 Å². The third-order valence-electron chi connectivity index (χ3n) is 7.81. The lowest BCUT2D eigenvalue weighted by Gasteiger charge is -2.23. The summed E-state index contributed by atoms with van der Waals surface area (Å²) in [5.74, 6) is -0.762. The number of rotatable bonds is 7. The van der Waals surface area contributed by atoms with Crippen molar-refractivity contribution in [2.75, 3.05) is 6.54 Å². The molecule has 2 aliphatic rings. The Balaban J connectivity index is 1.84. The predicted octanol–water partition coefficient (Wildman–Crippen LogP) is 5.25. The number of unbranched alkanes of at least 4 members (excludes halogenated alkanes) is 2. The molecule has 0 spiro atoms. The van der Waals surface area contributed by atoms with Gasteiger partial charge in [-0.1, -0.05) is 19.9 Å². The highest BCUT2D eigenvalue weighted by molar-refractivity contribution is 7.85. The third kappa shape index (κ3) is 3.79. The molecule has 182 valence electrons. The molecule has 0 amide bonds. The molecule has 2 aromatic rings. The molecular formula is C27H33NO5S. The second kappa shape index (κ2) is 8.02. The largest absolute Gasteiger partial charge is 0.744 e. The molecule has 7 heteroatoms. The van der Waals surface area contributed by atoms with Gasteiger partial charge in [0.05, 0.1) is 10.3 Å². The van der Waals surface area contributed by atoms with Crippen molar-refractivity contribution in [1.82, 2.24) is 0 Å². The molecular weight excluding hydrogens is 450 g/mol. The Morgan fingerprint density at radius 2 is 1.62 bits per heavy atom. The molecule has 0 fully saturated rings. The van der Waals surface area contributed by atoms with E-state index in [9.17, 15) is 17.8 Å². The van der Waals surface area contributed by atoms with Crippen molar-refractivity contribution >= 4 is 27.5 Å². The van der Waals surface area contributed by atoms with Crippen LogP contribution in [-0.2, 0) is 25.7 Å². The van der Waals surface area contributed by atoms with Crippen LogP contribution in [0.4, 0.5) is 5.69 Å². The Bertz CT molecular complexity index is 1350. The molecule has 0 radical (unpaired) electrons. The van der Waals surface area contributed by atoms with Gasteiger partial charge in [-0.25, -0.2) is 8.42 Å². The lowest BCUT2D eigenvalue weighted by atomic mass is 9.78. The van der Waals surface area contributed by atoms with Gasteiger partial charge in [-0.3, -0.25) is 4.79 Å². The fraction of sp³-hybridized carbons (Fsp3) is 0.481. The molecule has 0 saturated carbocycles. The van der Waals surface area contributed by atoms with Gasteiger partial charge in [0.2, 0.25) is 5.69 Å². The summed E-state index contributed by atoms with van der Waals surface area (Å²) in [6.45, 7) is 13.2. The molecule has 0 bridgehead atoms. The number of carbonyl (C=O) groups is 1. The minimum Gasteiger partial charge on any atom is -0.744 e. The van der Waals surface area contributed by atoms with E-state index in [0.29, 0.717) is 12.0 Å². The number of carboxylic acids is 1. The predicted molar refractivity (Wildman–Crippen MR) is 131 cm³/mol. The van der Waals surface area contributed by atoms with Gasteiger partial charge < -0.3 is 9.66 Å². The maximum absolute atomic E-state index is 12.2. The molecule has 1 N–H and O–H groups in total. The Morgan fingerprint density at radius 3 is 2.24 bits per heavy atom. The molecule has 0 saturated heterocycles. The van der Waals surface area contributed by atoms with Crippen LogP contribution >= 0.6 is 0 Å². The maximum atomic E-state index is 12.2. The van der Waals surface area contributed by atoms with Crippen LogP contribution in [0, 0.1) is 6.92 Å². The standard InChI is InChI=1S/C27H33NO5S/c1-16-12-21-25(23(13-16)34(31,32)33)18-14-20-22(15-19(18)27(21,5)6)28(17(2)26(20,3)4)11-9-7-8-10-24(29)30/h12-15H,7-11H2,1-6H3,(H-,29,30,31,32,33). The minimum atomic E-state index is -4.64. The number of benzene rings is 2. The second-order valence-corrected chi connectivity index (χ2v) is 12.1. The first-order valence-electron chi connectivity index (χ1n) is 11.8. The van der Waals surface area contributed by atoms with Crippen molar-refractivity contribution < 1.29 is 27.4 Å². The van der Waals surface area contributed by atoms with Crippen molar-refractivity contribution in [2.24, 2.45) is 0 Å². The molecule has 1 aliphatic heterocycles. The van der Waals surface area contributed by atoms with E-state index >= 15 is 0 Å². The molecule has 2 aromatic carbocycles. The van der Waals surface area contributed by atoms with Gasteiger partial charge >= 0.3 is 5.97 Å². The number of hydrogen-bond acceptors (Lipinski definition) is 4. The molecule has 0 atom stereocenters. The van der Waals surface area contributed by atoms with Gasteiger partial charge in [-0.05, 0) is 68.0 Å². The van der Waals surface area contributed by atoms with Gasteiger partial charge in [-0.15, -0.1) is 0 Å². The minimum absolute atomic E-state index is 0.138. The quantitative estimate of drug-likeness (QED) is 0.330. The summed E-state index contributed by atoms with van der Waals surface area (Å²) in [6, 6.07) is 7.76. The highest BCUT2D eigenvalue weighted by Crippen LogP contribution is 2.55. The van der Waals surface area contributed by atoms with Crippen LogP contribution in [-0.4, -0.2) is 40.9 Å². The highest BCUT2D eigenvalue weighted by atomic mass is 32.2. The average molecular weight is 484 g/mol. The lowest BCUT2D eigenvalue weighted by molar-refractivity contribution is -0.439. The molecule has 0 unspecified atom stereocenters. The summed E-state index contributed by atoms with van der Waals surface area (Å²) < 4.78 is 39.0. The number of hydrogen-bond donors (Lipinski definition) is 1. The van der Waals surface area contributed by atoms with Crippen LogP contribution in [0.2, 0.25) is 0 Å². The maximum Gasteiger partial charge on any atom is 0.303 e. The first kappa shape index (κ1) is 24.6. The van der Waals surface area contributed by atoms with Gasteiger partial charge in [0.25, 0.3) is 0 Å². The molecule has 34 heavy (non-hydrogen) atoms. The summed E-state index contributed by atoms with van der Waals surface area (Å²) in [4.78, 5) is 10.7. The van der Waals surface area contributed by atoms with Crippen molar-refractivity contribution in [1.29, 1.82) is 0 Å². The number of aliphatic carboxylic acids is 1. The van der Waals surface area contributed by atoms with Gasteiger partial charge in [0.15, 0.2) is 5.71 Å². The highest BCUT2D eigenvalue weighted by Gasteiger charge is 2.47. The van der Waals surface area contributed by atoms with E-state index in [1.165, 1.54) is 11.8 Å². The zero-order valence-electron chi connectivity index (χ0n) is 20.8. The van der Waals surface area contributed by atoms with Crippen molar-refractivity contribution in [3.05, 3.63) is 46.5 Å². The number of carboxylic acid groups (broad SMARTS) is 1. The summed E-state index contributed by atoms with van der Waals surface area (Å²) in [5, 5.41) is 8.89. The van der Waals surface area contributed by atoms with Crippen LogP contribution in [0.5, 0.6) is 0 Å². The van der Waals surface area contributed by atoms with Gasteiger partial charge in [0, 0.05) is 42.4 Å². The van der Waals surface area contributed by atoms with E-state index in [2.05, 4.69) is 51.3 Å². The Hall–Kier alpha value is -2.51. The zero-order valence-corrected chi connectivity index (χ0v) is 21.6. The smallest absolute Gasteiger partial charge is 0.303 e. The van der Waals surface area contributed by atoms with E-state index < -0.39 is 21.5 Å². The molecule has 1 heterocycles. The SMILES string of the molecule is CC1=[N+](CCCCCC(=O)O)c2cc3c(cc2C1(C)C)-c1c(cc(C)cc1S(=O)(=O)[O-])C3(C)C. The fourth-order valence-corrected chi connectivity index (χ4v) is 6.43. The van der Waals surface area contributed by atoms with E-state index in [-0.39, 0.29) is 16.7 Å². The van der Waals surface area contributed by atoms with Crippen molar-refractivity contribution in [3.63, 3.8) is 0 Å². The topological polar surface area (TPSA) is 97.5 Å². The molecule has 6 nitrogen and oxygen atoms in total. The number of aryl methyl sites for hydroxylation is 1. The van der Waals surface area contributed by atoms with E-state index in [0.717, 1.165) is 52.9 Å². The summed E-state index contributed by atoms with van der Waals surface area (Å²) in [6.07, 6.45) is 2.59. The van der Waals surface area contributed by atoms with Crippen LogP contribution < -0.4 is 0 Å². The third-order valence-corrected chi connectivity index (χ3v) is 8.67. The summed E-state index contributed by atoms with van der Waals surface area (Å²) >= 11 is 0. The average Bonchev–Trinajstić information content (AvgIpc) is 3.05. The van der Waals surface area contributed by atoms with Crippen LogP contribution in [0.25, 0.3) is 11.1 Å². The van der Waals surface area contributed by atoms with E-state index in [1.54, 1.807) is 0 Å². The van der Waals surface area contributed by atoms with E-state index in [1.807, 2.05) is 13.0 Å². The molecule has 1 aliphatic carbocycles. The molecule has 4 rings (SSSR count). The molecule has 0 aromatic heterocycles. The first-order chi connectivity index (χ1) is 15.7.